The van der Waals surface area contributed by atoms with Gasteiger partial charge in [0.05, 0.1) is 5.69 Å². The minimum absolute atomic E-state index is 0.234. The van der Waals surface area contributed by atoms with E-state index in [2.05, 4.69) is 10.3 Å². The highest BCUT2D eigenvalue weighted by atomic mass is 19.1. The molecule has 0 atom stereocenters. The van der Waals surface area contributed by atoms with Gasteiger partial charge >= 0.3 is 0 Å². The van der Waals surface area contributed by atoms with Crippen molar-refractivity contribution in [2.45, 2.75) is 13.5 Å². The smallest absolute Gasteiger partial charge is 0.133 e. The van der Waals surface area contributed by atoms with Gasteiger partial charge in [0.15, 0.2) is 0 Å². The Kier molecular flexibility index (Phi) is 4.47. The summed E-state index contributed by atoms with van der Waals surface area (Å²) in [7, 11) is 1.89. The van der Waals surface area contributed by atoms with Crippen LogP contribution in [0.2, 0.25) is 0 Å². The Morgan fingerprint density at radius 1 is 1.21 bits per heavy atom. The van der Waals surface area contributed by atoms with Crippen molar-refractivity contribution in [2.24, 2.45) is 0 Å². The van der Waals surface area contributed by atoms with E-state index in [1.165, 1.54) is 12.1 Å². The molecule has 0 aliphatic rings. The second kappa shape index (κ2) is 6.29. The zero-order valence-corrected chi connectivity index (χ0v) is 11.2. The van der Waals surface area contributed by atoms with Crippen molar-refractivity contribution < 1.29 is 4.39 Å². The molecular weight excluding hydrogens is 241 g/mol. The molecule has 0 fully saturated rings. The lowest BCUT2D eigenvalue weighted by atomic mass is 10.2. The van der Waals surface area contributed by atoms with Crippen LogP contribution in [0.5, 0.6) is 0 Å². The molecule has 0 bridgehead atoms. The second-order valence-corrected chi connectivity index (χ2v) is 4.24. The van der Waals surface area contributed by atoms with E-state index in [1.54, 1.807) is 6.07 Å². The fourth-order valence-electron chi connectivity index (χ4n) is 2.02. The van der Waals surface area contributed by atoms with Crippen LogP contribution >= 0.6 is 0 Å². The van der Waals surface area contributed by atoms with Gasteiger partial charge in [0, 0.05) is 18.8 Å². The molecule has 1 aromatic heterocycles. The Hall–Kier alpha value is -1.94. The standard InChI is InChI=1S/C15H18FN3/c1-3-19(14-8-4-6-12(16)10-14)15-9-5-7-13(18-15)11-17-2/h4-10,17H,3,11H2,1-2H3. The quantitative estimate of drug-likeness (QED) is 0.894. The predicted octanol–water partition coefficient (Wildman–Crippen LogP) is 3.10. The van der Waals surface area contributed by atoms with E-state index in [4.69, 9.17) is 0 Å². The third-order valence-electron chi connectivity index (χ3n) is 2.86. The van der Waals surface area contributed by atoms with Crippen LogP contribution in [-0.2, 0) is 6.54 Å². The number of halogens is 1. The summed E-state index contributed by atoms with van der Waals surface area (Å²) >= 11 is 0. The monoisotopic (exact) mass is 259 g/mol. The van der Waals surface area contributed by atoms with Crippen LogP contribution in [0.1, 0.15) is 12.6 Å². The lowest BCUT2D eigenvalue weighted by Crippen LogP contribution is -2.18. The summed E-state index contributed by atoms with van der Waals surface area (Å²) in [6, 6.07) is 12.5. The molecule has 0 aliphatic carbocycles. The molecule has 19 heavy (non-hydrogen) atoms. The molecule has 0 radical (unpaired) electrons. The van der Waals surface area contributed by atoms with E-state index in [1.807, 2.05) is 43.1 Å². The van der Waals surface area contributed by atoms with Gasteiger partial charge in [0.25, 0.3) is 0 Å². The number of hydrogen-bond acceptors (Lipinski definition) is 3. The minimum atomic E-state index is -0.234. The molecule has 0 saturated heterocycles. The number of pyridine rings is 1. The van der Waals surface area contributed by atoms with Gasteiger partial charge in [-0.3, -0.25) is 0 Å². The van der Waals surface area contributed by atoms with Gasteiger partial charge in [-0.2, -0.15) is 0 Å². The van der Waals surface area contributed by atoms with Gasteiger partial charge in [-0.1, -0.05) is 12.1 Å². The Labute approximate surface area is 113 Å². The highest BCUT2D eigenvalue weighted by Crippen LogP contribution is 2.23. The summed E-state index contributed by atoms with van der Waals surface area (Å²) in [5.74, 6) is 0.600. The number of benzene rings is 1. The molecule has 2 rings (SSSR count). The zero-order valence-electron chi connectivity index (χ0n) is 11.2. The van der Waals surface area contributed by atoms with Crippen molar-refractivity contribution in [1.82, 2.24) is 10.3 Å². The normalized spacial score (nSPS) is 10.5. The zero-order chi connectivity index (χ0) is 13.7. The van der Waals surface area contributed by atoms with E-state index in [0.717, 1.165) is 23.7 Å². The summed E-state index contributed by atoms with van der Waals surface area (Å²) in [4.78, 5) is 6.57. The summed E-state index contributed by atoms with van der Waals surface area (Å²) in [6.45, 7) is 3.48. The average Bonchev–Trinajstić information content (AvgIpc) is 2.41. The number of nitrogens with zero attached hydrogens (tertiary/aromatic N) is 2. The third-order valence-corrected chi connectivity index (χ3v) is 2.86. The molecule has 0 amide bonds. The van der Waals surface area contributed by atoms with Gasteiger partial charge in [-0.15, -0.1) is 0 Å². The summed E-state index contributed by atoms with van der Waals surface area (Å²) < 4.78 is 13.3. The molecule has 0 unspecified atom stereocenters. The molecule has 0 aliphatic heterocycles. The maximum atomic E-state index is 13.3. The molecule has 1 aromatic carbocycles. The maximum absolute atomic E-state index is 13.3. The Bertz CT molecular complexity index is 542. The molecule has 3 nitrogen and oxygen atoms in total. The van der Waals surface area contributed by atoms with Crippen LogP contribution in [0, 0.1) is 5.82 Å². The number of rotatable bonds is 5. The van der Waals surface area contributed by atoms with E-state index in [-0.39, 0.29) is 5.82 Å². The number of hydrogen-bond donors (Lipinski definition) is 1. The second-order valence-electron chi connectivity index (χ2n) is 4.24. The Morgan fingerprint density at radius 2 is 2.00 bits per heavy atom. The molecule has 0 spiro atoms. The highest BCUT2D eigenvalue weighted by molar-refractivity contribution is 5.59. The Balaban J connectivity index is 2.33. The van der Waals surface area contributed by atoms with Crippen molar-refractivity contribution in [1.29, 1.82) is 0 Å². The van der Waals surface area contributed by atoms with Gasteiger partial charge in [-0.25, -0.2) is 9.37 Å². The van der Waals surface area contributed by atoms with E-state index < -0.39 is 0 Å². The third kappa shape index (κ3) is 3.29. The Morgan fingerprint density at radius 3 is 2.68 bits per heavy atom. The number of nitrogens with one attached hydrogen (secondary N) is 1. The van der Waals surface area contributed by atoms with Crippen LogP contribution in [0.3, 0.4) is 0 Å². The first-order valence-corrected chi connectivity index (χ1v) is 6.38. The minimum Gasteiger partial charge on any atom is -0.327 e. The average molecular weight is 259 g/mol. The SMILES string of the molecule is CCN(c1cccc(F)c1)c1cccc(CNC)n1. The van der Waals surface area contributed by atoms with Gasteiger partial charge < -0.3 is 10.2 Å². The van der Waals surface area contributed by atoms with Gasteiger partial charge in [0.1, 0.15) is 11.6 Å². The highest BCUT2D eigenvalue weighted by Gasteiger charge is 2.09. The molecule has 0 saturated carbocycles. The van der Waals surface area contributed by atoms with Crippen LogP contribution in [0.15, 0.2) is 42.5 Å². The fraction of sp³-hybridized carbons (Fsp3) is 0.267. The van der Waals surface area contributed by atoms with Gasteiger partial charge in [-0.05, 0) is 44.3 Å². The maximum Gasteiger partial charge on any atom is 0.133 e. The first-order chi connectivity index (χ1) is 9.24. The summed E-state index contributed by atoms with van der Waals surface area (Å²) in [5.41, 5.74) is 1.78. The number of anilines is 2. The van der Waals surface area contributed by atoms with Crippen LogP contribution in [0.4, 0.5) is 15.9 Å². The molecule has 4 heteroatoms. The van der Waals surface area contributed by atoms with E-state index in [9.17, 15) is 4.39 Å². The fourth-order valence-corrected chi connectivity index (χ4v) is 2.02. The van der Waals surface area contributed by atoms with Crippen LogP contribution in [-0.4, -0.2) is 18.6 Å². The van der Waals surface area contributed by atoms with Crippen LogP contribution in [0.25, 0.3) is 0 Å². The molecule has 2 aromatic rings. The van der Waals surface area contributed by atoms with Crippen molar-refractivity contribution in [3.05, 3.63) is 54.0 Å². The van der Waals surface area contributed by atoms with Crippen molar-refractivity contribution in [3.8, 4) is 0 Å². The molecule has 1 N–H and O–H groups in total. The lowest BCUT2D eigenvalue weighted by molar-refractivity contribution is 0.627. The first-order valence-electron chi connectivity index (χ1n) is 6.38. The van der Waals surface area contributed by atoms with Crippen LogP contribution < -0.4 is 10.2 Å². The van der Waals surface area contributed by atoms with Crippen molar-refractivity contribution >= 4 is 11.5 Å². The summed E-state index contributed by atoms with van der Waals surface area (Å²) in [5, 5.41) is 3.08. The predicted molar refractivity (Wildman–Crippen MR) is 76.1 cm³/mol. The van der Waals surface area contributed by atoms with Gasteiger partial charge in [0.2, 0.25) is 0 Å². The first kappa shape index (κ1) is 13.5. The summed E-state index contributed by atoms with van der Waals surface area (Å²) in [6.07, 6.45) is 0. The largest absolute Gasteiger partial charge is 0.327 e. The van der Waals surface area contributed by atoms with Crippen molar-refractivity contribution in [2.75, 3.05) is 18.5 Å². The van der Waals surface area contributed by atoms with Crippen molar-refractivity contribution in [3.63, 3.8) is 0 Å². The molecule has 1 heterocycles. The van der Waals surface area contributed by atoms with E-state index in [0.29, 0.717) is 6.54 Å². The lowest BCUT2D eigenvalue weighted by Gasteiger charge is -2.22. The molecular formula is C15H18FN3. The number of aromatic nitrogens is 1. The van der Waals surface area contributed by atoms with E-state index >= 15 is 0 Å². The molecule has 100 valence electrons. The topological polar surface area (TPSA) is 28.2 Å².